The van der Waals surface area contributed by atoms with Crippen LogP contribution < -0.4 is 10.6 Å². The molecule has 4 aliphatic rings. The summed E-state index contributed by atoms with van der Waals surface area (Å²) < 4.78 is 0. The number of rotatable bonds is 3. The molecule has 1 aromatic carbocycles. The molecule has 1 aromatic rings. The van der Waals surface area contributed by atoms with Gasteiger partial charge in [-0.15, -0.1) is 0 Å². The molecule has 0 bridgehead atoms. The Labute approximate surface area is 164 Å². The highest BCUT2D eigenvalue weighted by molar-refractivity contribution is 6.05. The molecule has 0 radical (unpaired) electrons. The first-order valence-corrected chi connectivity index (χ1v) is 10.3. The zero-order valence-corrected chi connectivity index (χ0v) is 15.9. The number of carbonyl (C=O) groups is 3. The summed E-state index contributed by atoms with van der Waals surface area (Å²) in [6.07, 6.45) is 1.94. The van der Waals surface area contributed by atoms with Gasteiger partial charge >= 0.3 is 0 Å². The van der Waals surface area contributed by atoms with Gasteiger partial charge in [-0.1, -0.05) is 12.1 Å². The number of hydrogen-bond acceptors (Lipinski definition) is 5. The van der Waals surface area contributed by atoms with Crippen LogP contribution in [0.4, 0.5) is 0 Å². The van der Waals surface area contributed by atoms with Gasteiger partial charge in [0.15, 0.2) is 0 Å². The Morgan fingerprint density at radius 1 is 1.07 bits per heavy atom. The van der Waals surface area contributed by atoms with Crippen LogP contribution in [-0.2, 0) is 22.7 Å². The molecule has 7 heteroatoms. The Morgan fingerprint density at radius 2 is 1.93 bits per heavy atom. The van der Waals surface area contributed by atoms with Crippen LogP contribution in [-0.4, -0.2) is 59.7 Å². The van der Waals surface area contributed by atoms with E-state index in [1.54, 1.807) is 4.90 Å². The fraction of sp³-hybridized carbons (Fsp3) is 0.571. The van der Waals surface area contributed by atoms with Gasteiger partial charge in [-0.2, -0.15) is 0 Å². The van der Waals surface area contributed by atoms with Gasteiger partial charge in [0.2, 0.25) is 11.8 Å². The van der Waals surface area contributed by atoms with Crippen LogP contribution >= 0.6 is 0 Å². The van der Waals surface area contributed by atoms with Crippen molar-refractivity contribution >= 4 is 17.7 Å². The molecule has 0 aliphatic carbocycles. The van der Waals surface area contributed by atoms with Gasteiger partial charge in [0.1, 0.15) is 6.04 Å². The van der Waals surface area contributed by atoms with Crippen LogP contribution in [0.3, 0.4) is 0 Å². The molecule has 3 fully saturated rings. The molecule has 1 unspecified atom stereocenters. The molecule has 4 aliphatic heterocycles. The van der Waals surface area contributed by atoms with Gasteiger partial charge in [-0.25, -0.2) is 0 Å². The number of imide groups is 1. The summed E-state index contributed by atoms with van der Waals surface area (Å²) in [5, 5.41) is 5.87. The number of likely N-dealkylation sites (tertiary alicyclic amines) is 1. The number of amides is 3. The predicted molar refractivity (Wildman–Crippen MR) is 102 cm³/mol. The van der Waals surface area contributed by atoms with Crippen LogP contribution in [0.25, 0.3) is 0 Å². The second-order valence-electron chi connectivity index (χ2n) is 8.55. The summed E-state index contributed by atoms with van der Waals surface area (Å²) >= 11 is 0. The molecule has 3 atom stereocenters. The number of carbonyl (C=O) groups excluding carboxylic acids is 3. The standard InChI is InChI=1S/C21H26N4O3/c26-19-5-4-18(20(27)23-19)25-12-17-14(2-1-3-16(17)21(25)28)10-24-9-13-6-7-22-8-15(13)11-24/h1-3,13,15,18,22H,4-12H2,(H,23,26,27)/t13-,15+,18?/m1/s1. The van der Waals surface area contributed by atoms with Crippen LogP contribution in [0, 0.1) is 11.8 Å². The Hall–Kier alpha value is -2.25. The minimum atomic E-state index is -0.550. The summed E-state index contributed by atoms with van der Waals surface area (Å²) in [5.41, 5.74) is 2.94. The maximum Gasteiger partial charge on any atom is 0.255 e. The van der Waals surface area contributed by atoms with Gasteiger partial charge in [-0.3, -0.25) is 24.6 Å². The maximum atomic E-state index is 13.0. The van der Waals surface area contributed by atoms with Gasteiger partial charge < -0.3 is 10.2 Å². The predicted octanol–water partition coefficient (Wildman–Crippen LogP) is 0.489. The average Bonchev–Trinajstić information content (AvgIpc) is 3.23. The largest absolute Gasteiger partial charge is 0.322 e. The van der Waals surface area contributed by atoms with Crippen molar-refractivity contribution in [2.24, 2.45) is 11.8 Å². The summed E-state index contributed by atoms with van der Waals surface area (Å²) in [7, 11) is 0. The Balaban J connectivity index is 1.34. The van der Waals surface area contributed by atoms with E-state index in [2.05, 4.69) is 21.6 Å². The van der Waals surface area contributed by atoms with Crippen molar-refractivity contribution in [2.75, 3.05) is 26.2 Å². The van der Waals surface area contributed by atoms with Gasteiger partial charge in [0.25, 0.3) is 5.91 Å². The van der Waals surface area contributed by atoms with Crippen molar-refractivity contribution in [1.29, 1.82) is 0 Å². The molecule has 2 N–H and O–H groups in total. The fourth-order valence-electron chi connectivity index (χ4n) is 5.34. The molecule has 0 spiro atoms. The number of nitrogens with zero attached hydrogens (tertiary/aromatic N) is 2. The Kier molecular flexibility index (Phi) is 4.44. The van der Waals surface area contributed by atoms with E-state index in [-0.39, 0.29) is 24.1 Å². The number of benzene rings is 1. The van der Waals surface area contributed by atoms with Crippen LogP contribution in [0.2, 0.25) is 0 Å². The topological polar surface area (TPSA) is 81.8 Å². The lowest BCUT2D eigenvalue weighted by atomic mass is 9.90. The van der Waals surface area contributed by atoms with E-state index < -0.39 is 6.04 Å². The molecular weight excluding hydrogens is 356 g/mol. The SMILES string of the molecule is O=C1CCC(N2Cc3c(CN4C[C@H]5CCNC[C@H]5C4)cccc3C2=O)C(=O)N1. The highest BCUT2D eigenvalue weighted by Gasteiger charge is 2.40. The highest BCUT2D eigenvalue weighted by Crippen LogP contribution is 2.33. The van der Waals surface area contributed by atoms with Crippen molar-refractivity contribution < 1.29 is 14.4 Å². The van der Waals surface area contributed by atoms with Gasteiger partial charge in [-0.05, 0) is 55.0 Å². The van der Waals surface area contributed by atoms with E-state index in [1.807, 2.05) is 12.1 Å². The molecule has 4 heterocycles. The highest BCUT2D eigenvalue weighted by atomic mass is 16.2. The lowest BCUT2D eigenvalue weighted by Crippen LogP contribution is -2.52. The zero-order chi connectivity index (χ0) is 19.3. The van der Waals surface area contributed by atoms with Crippen molar-refractivity contribution in [1.82, 2.24) is 20.4 Å². The van der Waals surface area contributed by atoms with E-state index in [1.165, 1.54) is 12.0 Å². The van der Waals surface area contributed by atoms with Crippen LogP contribution in [0.1, 0.15) is 40.7 Å². The first-order chi connectivity index (χ1) is 13.6. The number of nitrogens with one attached hydrogen (secondary N) is 2. The fourth-order valence-corrected chi connectivity index (χ4v) is 5.34. The van der Waals surface area contributed by atoms with Crippen molar-refractivity contribution in [3.8, 4) is 0 Å². The van der Waals surface area contributed by atoms with E-state index in [0.29, 0.717) is 18.5 Å². The third-order valence-electron chi connectivity index (χ3n) is 6.82. The number of hydrogen-bond donors (Lipinski definition) is 2. The van der Waals surface area contributed by atoms with Gasteiger partial charge in [0, 0.05) is 38.2 Å². The molecular formula is C21H26N4O3. The van der Waals surface area contributed by atoms with E-state index >= 15 is 0 Å². The summed E-state index contributed by atoms with van der Waals surface area (Å²) in [4.78, 5) is 40.8. The zero-order valence-electron chi connectivity index (χ0n) is 15.9. The minimum Gasteiger partial charge on any atom is -0.322 e. The first kappa shape index (κ1) is 17.8. The van der Waals surface area contributed by atoms with Crippen molar-refractivity contribution in [2.45, 2.75) is 38.4 Å². The van der Waals surface area contributed by atoms with Crippen LogP contribution in [0.15, 0.2) is 18.2 Å². The summed E-state index contributed by atoms with van der Waals surface area (Å²) in [5.74, 6) is 0.809. The lowest BCUT2D eigenvalue weighted by Gasteiger charge is -2.29. The number of piperidine rings is 2. The van der Waals surface area contributed by atoms with Crippen molar-refractivity contribution in [3.05, 3.63) is 34.9 Å². The second-order valence-corrected chi connectivity index (χ2v) is 8.55. The molecule has 0 saturated carbocycles. The van der Waals surface area contributed by atoms with E-state index in [4.69, 9.17) is 0 Å². The second kappa shape index (κ2) is 6.97. The third kappa shape index (κ3) is 3.02. The summed E-state index contributed by atoms with van der Waals surface area (Å²) in [6.45, 7) is 5.76. The average molecular weight is 382 g/mol. The molecule has 3 amide bonds. The quantitative estimate of drug-likeness (QED) is 0.744. The normalized spacial score (nSPS) is 30.4. The number of fused-ring (bicyclic) bond motifs is 2. The molecule has 3 saturated heterocycles. The first-order valence-electron chi connectivity index (χ1n) is 10.3. The molecule has 28 heavy (non-hydrogen) atoms. The maximum absolute atomic E-state index is 13.0. The van der Waals surface area contributed by atoms with E-state index in [0.717, 1.165) is 50.1 Å². The molecule has 0 aromatic heterocycles. The van der Waals surface area contributed by atoms with Gasteiger partial charge in [0.05, 0.1) is 0 Å². The van der Waals surface area contributed by atoms with Crippen molar-refractivity contribution in [3.63, 3.8) is 0 Å². The third-order valence-corrected chi connectivity index (χ3v) is 6.82. The smallest absolute Gasteiger partial charge is 0.255 e. The van der Waals surface area contributed by atoms with Crippen LogP contribution in [0.5, 0.6) is 0 Å². The molecule has 148 valence electrons. The molecule has 5 rings (SSSR count). The monoisotopic (exact) mass is 382 g/mol. The van der Waals surface area contributed by atoms with E-state index in [9.17, 15) is 14.4 Å². The Morgan fingerprint density at radius 3 is 2.75 bits per heavy atom. The lowest BCUT2D eigenvalue weighted by molar-refractivity contribution is -0.136. The minimum absolute atomic E-state index is 0.0920. The molecule has 7 nitrogen and oxygen atoms in total. The Bertz CT molecular complexity index is 825. The summed E-state index contributed by atoms with van der Waals surface area (Å²) in [6, 6.07) is 5.37.